The lowest BCUT2D eigenvalue weighted by atomic mass is 10.1. The molecule has 6 heteroatoms. The van der Waals surface area contributed by atoms with Crippen LogP contribution in [0.5, 0.6) is 5.75 Å². The van der Waals surface area contributed by atoms with E-state index < -0.39 is 11.9 Å². The van der Waals surface area contributed by atoms with Crippen LogP contribution in [0.15, 0.2) is 22.7 Å². The van der Waals surface area contributed by atoms with E-state index in [1.165, 1.54) is 19.1 Å². The lowest BCUT2D eigenvalue weighted by molar-refractivity contribution is 0.193. The van der Waals surface area contributed by atoms with Crippen LogP contribution in [-0.4, -0.2) is 14.9 Å². The molecule has 0 amide bonds. The molecule has 1 heterocycles. The number of halogens is 2. The number of benzene rings is 1. The Balaban J connectivity index is 2.13. The van der Waals surface area contributed by atoms with Gasteiger partial charge in [-0.2, -0.15) is 5.10 Å². The van der Waals surface area contributed by atoms with Crippen LogP contribution in [0.4, 0.5) is 4.39 Å². The Labute approximate surface area is 125 Å². The van der Waals surface area contributed by atoms with Crippen molar-refractivity contribution in [3.05, 3.63) is 45.4 Å². The molecule has 1 aromatic heterocycles. The molecule has 4 nitrogen and oxygen atoms in total. The van der Waals surface area contributed by atoms with Gasteiger partial charge in [0, 0.05) is 18.7 Å². The number of aryl methyl sites for hydroxylation is 2. The van der Waals surface area contributed by atoms with E-state index in [9.17, 15) is 9.50 Å². The van der Waals surface area contributed by atoms with Crippen molar-refractivity contribution in [2.24, 2.45) is 7.05 Å². The molecule has 20 heavy (non-hydrogen) atoms. The van der Waals surface area contributed by atoms with E-state index in [4.69, 9.17) is 4.74 Å². The van der Waals surface area contributed by atoms with Crippen molar-refractivity contribution in [3.63, 3.8) is 0 Å². The first-order chi connectivity index (χ1) is 9.40. The Morgan fingerprint density at radius 3 is 2.70 bits per heavy atom. The van der Waals surface area contributed by atoms with Gasteiger partial charge in [-0.25, -0.2) is 4.39 Å². The molecule has 0 fully saturated rings. The maximum Gasteiger partial charge on any atom is 0.132 e. The number of aromatic nitrogens is 2. The van der Waals surface area contributed by atoms with Gasteiger partial charge in [-0.15, -0.1) is 0 Å². The Hall–Kier alpha value is -1.40. The molecule has 108 valence electrons. The quantitative estimate of drug-likeness (QED) is 0.927. The highest BCUT2D eigenvalue weighted by Gasteiger charge is 2.13. The van der Waals surface area contributed by atoms with Gasteiger partial charge in [0.15, 0.2) is 0 Å². The van der Waals surface area contributed by atoms with Crippen molar-refractivity contribution in [2.75, 3.05) is 0 Å². The molecule has 0 aliphatic rings. The molecule has 1 aromatic carbocycles. The minimum atomic E-state index is -0.835. The predicted molar refractivity (Wildman–Crippen MR) is 77.0 cm³/mol. The van der Waals surface area contributed by atoms with E-state index in [0.29, 0.717) is 5.75 Å². The first-order valence-corrected chi connectivity index (χ1v) is 6.97. The van der Waals surface area contributed by atoms with Crippen LogP contribution >= 0.6 is 15.9 Å². The van der Waals surface area contributed by atoms with Crippen molar-refractivity contribution in [2.45, 2.75) is 26.6 Å². The largest absolute Gasteiger partial charge is 0.487 e. The van der Waals surface area contributed by atoms with Crippen LogP contribution in [0.1, 0.15) is 30.0 Å². The molecule has 1 unspecified atom stereocenters. The van der Waals surface area contributed by atoms with Crippen molar-refractivity contribution < 1.29 is 14.2 Å². The minimum Gasteiger partial charge on any atom is -0.487 e. The number of aliphatic hydroxyl groups is 1. The predicted octanol–water partition coefficient (Wildman–Crippen LogP) is 3.26. The van der Waals surface area contributed by atoms with Gasteiger partial charge in [-0.05, 0) is 41.9 Å². The summed E-state index contributed by atoms with van der Waals surface area (Å²) in [5.74, 6) is -0.0598. The molecule has 0 aliphatic heterocycles. The fourth-order valence-corrected chi connectivity index (χ4v) is 2.38. The zero-order valence-corrected chi connectivity index (χ0v) is 13.1. The second-order valence-corrected chi connectivity index (χ2v) is 5.41. The third-order valence-corrected chi connectivity index (χ3v) is 4.09. The van der Waals surface area contributed by atoms with Crippen LogP contribution in [0.25, 0.3) is 0 Å². The maximum absolute atomic E-state index is 13.7. The monoisotopic (exact) mass is 342 g/mol. The van der Waals surface area contributed by atoms with Gasteiger partial charge in [0.25, 0.3) is 0 Å². The Morgan fingerprint density at radius 1 is 1.50 bits per heavy atom. The summed E-state index contributed by atoms with van der Waals surface area (Å²) in [6.45, 7) is 3.70. The van der Waals surface area contributed by atoms with Gasteiger partial charge in [0.05, 0.1) is 22.0 Å². The summed E-state index contributed by atoms with van der Waals surface area (Å²) >= 11 is 3.45. The molecule has 1 N–H and O–H groups in total. The van der Waals surface area contributed by atoms with Crippen LogP contribution in [0, 0.1) is 12.7 Å². The van der Waals surface area contributed by atoms with E-state index in [0.717, 1.165) is 15.9 Å². The topological polar surface area (TPSA) is 47.3 Å². The number of hydrogen-bond acceptors (Lipinski definition) is 3. The van der Waals surface area contributed by atoms with Gasteiger partial charge in [-0.1, -0.05) is 0 Å². The third kappa shape index (κ3) is 3.02. The number of aliphatic hydroxyl groups excluding tert-OH is 1. The lowest BCUT2D eigenvalue weighted by Gasteiger charge is -2.10. The van der Waals surface area contributed by atoms with Gasteiger partial charge in [0.1, 0.15) is 18.2 Å². The Kier molecular flexibility index (Phi) is 4.45. The summed E-state index contributed by atoms with van der Waals surface area (Å²) in [7, 11) is 1.83. The second-order valence-electron chi connectivity index (χ2n) is 4.62. The summed E-state index contributed by atoms with van der Waals surface area (Å²) in [4.78, 5) is 0. The number of nitrogens with zero attached hydrogens (tertiary/aromatic N) is 2. The van der Waals surface area contributed by atoms with Crippen molar-refractivity contribution in [1.82, 2.24) is 9.78 Å². The summed E-state index contributed by atoms with van der Waals surface area (Å²) < 4.78 is 21.9. The highest BCUT2D eigenvalue weighted by molar-refractivity contribution is 9.10. The Bertz CT molecular complexity index is 626. The summed E-state index contributed by atoms with van der Waals surface area (Å²) in [5.41, 5.74) is 2.01. The zero-order valence-electron chi connectivity index (χ0n) is 11.5. The molecule has 2 rings (SSSR count). The molecule has 0 saturated carbocycles. The molecule has 2 aromatic rings. The van der Waals surface area contributed by atoms with Gasteiger partial charge in [0.2, 0.25) is 0 Å². The van der Waals surface area contributed by atoms with Crippen LogP contribution < -0.4 is 4.74 Å². The standard InChI is InChI=1S/C14H16BrFN2O2/c1-8-14(15)13(18(3)17-8)7-20-10-4-5-11(9(2)19)12(16)6-10/h4-6,9,19H,7H2,1-3H3. The first kappa shape index (κ1) is 15.0. The summed E-state index contributed by atoms with van der Waals surface area (Å²) in [6, 6.07) is 4.44. The molecular formula is C14H16BrFN2O2. The van der Waals surface area contributed by atoms with Crippen LogP contribution in [0.2, 0.25) is 0 Å². The number of hydrogen-bond donors (Lipinski definition) is 1. The van der Waals surface area contributed by atoms with E-state index in [-0.39, 0.29) is 12.2 Å². The molecule has 1 atom stereocenters. The van der Waals surface area contributed by atoms with Crippen molar-refractivity contribution in [1.29, 1.82) is 0 Å². The van der Waals surface area contributed by atoms with Crippen LogP contribution in [-0.2, 0) is 13.7 Å². The molecule has 0 saturated heterocycles. The zero-order chi connectivity index (χ0) is 14.9. The minimum absolute atomic E-state index is 0.259. The van der Waals surface area contributed by atoms with E-state index in [1.807, 2.05) is 14.0 Å². The van der Waals surface area contributed by atoms with E-state index in [2.05, 4.69) is 21.0 Å². The smallest absolute Gasteiger partial charge is 0.132 e. The molecule has 0 bridgehead atoms. The first-order valence-electron chi connectivity index (χ1n) is 6.18. The fraction of sp³-hybridized carbons (Fsp3) is 0.357. The molecule has 0 radical (unpaired) electrons. The third-order valence-electron chi connectivity index (χ3n) is 3.06. The molecule has 0 spiro atoms. The van der Waals surface area contributed by atoms with Gasteiger partial charge in [-0.3, -0.25) is 4.68 Å². The number of rotatable bonds is 4. The van der Waals surface area contributed by atoms with Crippen molar-refractivity contribution >= 4 is 15.9 Å². The SMILES string of the molecule is Cc1nn(C)c(COc2ccc(C(C)O)c(F)c2)c1Br. The Morgan fingerprint density at radius 2 is 2.20 bits per heavy atom. The molecule has 0 aliphatic carbocycles. The second kappa shape index (κ2) is 5.93. The maximum atomic E-state index is 13.7. The van der Waals surface area contributed by atoms with E-state index in [1.54, 1.807) is 10.7 Å². The number of ether oxygens (including phenoxy) is 1. The molecular weight excluding hydrogens is 327 g/mol. The summed E-state index contributed by atoms with van der Waals surface area (Å²) in [5, 5.41) is 13.6. The highest BCUT2D eigenvalue weighted by Crippen LogP contribution is 2.24. The lowest BCUT2D eigenvalue weighted by Crippen LogP contribution is -2.04. The average molecular weight is 343 g/mol. The van der Waals surface area contributed by atoms with Gasteiger partial charge < -0.3 is 9.84 Å². The normalized spacial score (nSPS) is 12.5. The van der Waals surface area contributed by atoms with E-state index >= 15 is 0 Å². The average Bonchev–Trinajstić information content (AvgIpc) is 2.61. The van der Waals surface area contributed by atoms with Gasteiger partial charge >= 0.3 is 0 Å². The fourth-order valence-electron chi connectivity index (χ4n) is 1.93. The highest BCUT2D eigenvalue weighted by atomic mass is 79.9. The van der Waals surface area contributed by atoms with Crippen LogP contribution in [0.3, 0.4) is 0 Å². The summed E-state index contributed by atoms with van der Waals surface area (Å²) in [6.07, 6.45) is -0.835. The van der Waals surface area contributed by atoms with Crippen molar-refractivity contribution in [3.8, 4) is 5.75 Å².